The molecule has 2 N–H and O–H groups in total. The minimum Gasteiger partial charge on any atom is -0.391 e. The van der Waals surface area contributed by atoms with Crippen LogP contribution in [0.5, 0.6) is 0 Å². The first-order valence-electron chi connectivity index (χ1n) is 6.07. The summed E-state index contributed by atoms with van der Waals surface area (Å²) in [7, 11) is 0. The zero-order chi connectivity index (χ0) is 13.5. The van der Waals surface area contributed by atoms with Gasteiger partial charge in [-0.1, -0.05) is 19.9 Å². The molecule has 0 amide bonds. The summed E-state index contributed by atoms with van der Waals surface area (Å²) >= 11 is 1.55. The lowest BCUT2D eigenvalue weighted by atomic mass is 10.1. The highest BCUT2D eigenvalue weighted by Gasteiger charge is 2.10. The maximum atomic E-state index is 9.82. The second kappa shape index (κ2) is 7.30. The van der Waals surface area contributed by atoms with Gasteiger partial charge in [0, 0.05) is 11.4 Å². The lowest BCUT2D eigenvalue weighted by Gasteiger charge is -2.16. The lowest BCUT2D eigenvalue weighted by molar-refractivity contribution is 0.161. The number of hydrogen-bond acceptors (Lipinski definition) is 4. The summed E-state index contributed by atoms with van der Waals surface area (Å²) in [6.07, 6.45) is 2.33. The van der Waals surface area contributed by atoms with Gasteiger partial charge in [0.15, 0.2) is 0 Å². The molecule has 1 atom stereocenters. The highest BCUT2D eigenvalue weighted by molar-refractivity contribution is 7.98. The van der Waals surface area contributed by atoms with Gasteiger partial charge in [0.2, 0.25) is 0 Å². The summed E-state index contributed by atoms with van der Waals surface area (Å²) < 4.78 is 0. The van der Waals surface area contributed by atoms with Crippen LogP contribution in [-0.4, -0.2) is 24.0 Å². The fourth-order valence-electron chi connectivity index (χ4n) is 1.82. The summed E-state index contributed by atoms with van der Waals surface area (Å²) in [6.45, 7) is 4.64. The molecular weight excluding hydrogens is 244 g/mol. The number of aliphatic hydroxyl groups excluding tert-OH is 1. The molecule has 0 aliphatic heterocycles. The molecule has 0 spiro atoms. The van der Waals surface area contributed by atoms with Gasteiger partial charge in [0.1, 0.15) is 6.07 Å². The highest BCUT2D eigenvalue weighted by Crippen LogP contribution is 2.26. The van der Waals surface area contributed by atoms with E-state index in [0.717, 1.165) is 17.0 Å². The Balaban J connectivity index is 2.71. The van der Waals surface area contributed by atoms with E-state index in [1.807, 2.05) is 24.5 Å². The van der Waals surface area contributed by atoms with Crippen molar-refractivity contribution in [2.75, 3.05) is 18.1 Å². The van der Waals surface area contributed by atoms with Crippen molar-refractivity contribution in [3.05, 3.63) is 23.8 Å². The minimum atomic E-state index is -0.380. The molecule has 0 heterocycles. The number of rotatable bonds is 6. The monoisotopic (exact) mass is 264 g/mol. The standard InChI is InChI=1S/C14H20N2OS/c1-10(2)7-11(17)9-16-13-5-4-6-14(18-3)12(13)8-15/h4-6,10-11,16-17H,7,9H2,1-3H3. The Morgan fingerprint density at radius 3 is 2.72 bits per heavy atom. The van der Waals surface area contributed by atoms with Gasteiger partial charge in [0.05, 0.1) is 17.4 Å². The second-order valence-corrected chi connectivity index (χ2v) is 5.51. The number of hydrogen-bond donors (Lipinski definition) is 2. The van der Waals surface area contributed by atoms with Gasteiger partial charge in [-0.2, -0.15) is 5.26 Å². The molecule has 18 heavy (non-hydrogen) atoms. The summed E-state index contributed by atoms with van der Waals surface area (Å²) in [6, 6.07) is 7.94. The van der Waals surface area contributed by atoms with Gasteiger partial charge >= 0.3 is 0 Å². The van der Waals surface area contributed by atoms with Crippen LogP contribution in [0.3, 0.4) is 0 Å². The highest BCUT2D eigenvalue weighted by atomic mass is 32.2. The molecule has 0 aliphatic rings. The van der Waals surface area contributed by atoms with E-state index < -0.39 is 0 Å². The van der Waals surface area contributed by atoms with Gasteiger partial charge < -0.3 is 10.4 Å². The van der Waals surface area contributed by atoms with Crippen molar-refractivity contribution < 1.29 is 5.11 Å². The molecule has 1 aromatic carbocycles. The minimum absolute atomic E-state index is 0.380. The average Bonchev–Trinajstić information content (AvgIpc) is 2.34. The molecule has 4 heteroatoms. The molecule has 1 unspecified atom stereocenters. The molecule has 1 rings (SSSR count). The zero-order valence-corrected chi connectivity index (χ0v) is 11.9. The van der Waals surface area contributed by atoms with Crippen molar-refractivity contribution >= 4 is 17.4 Å². The second-order valence-electron chi connectivity index (χ2n) is 4.66. The zero-order valence-electron chi connectivity index (χ0n) is 11.1. The van der Waals surface area contributed by atoms with E-state index in [1.54, 1.807) is 11.8 Å². The Kier molecular flexibility index (Phi) is 6.03. The molecule has 0 bridgehead atoms. The lowest BCUT2D eigenvalue weighted by Crippen LogP contribution is -2.21. The first-order valence-corrected chi connectivity index (χ1v) is 7.30. The van der Waals surface area contributed by atoms with Crippen LogP contribution in [0.1, 0.15) is 25.8 Å². The largest absolute Gasteiger partial charge is 0.391 e. The Labute approximate surface area is 113 Å². The van der Waals surface area contributed by atoms with Gasteiger partial charge in [-0.3, -0.25) is 0 Å². The first-order chi connectivity index (χ1) is 8.58. The Morgan fingerprint density at radius 1 is 1.44 bits per heavy atom. The molecule has 98 valence electrons. The number of anilines is 1. The normalized spacial score (nSPS) is 12.2. The molecular formula is C14H20N2OS. The number of thioether (sulfide) groups is 1. The molecule has 0 aromatic heterocycles. The third-order valence-corrected chi connectivity index (χ3v) is 3.41. The summed E-state index contributed by atoms with van der Waals surface area (Å²) in [5.41, 5.74) is 1.45. The van der Waals surface area contributed by atoms with Crippen LogP contribution in [0.2, 0.25) is 0 Å². The smallest absolute Gasteiger partial charge is 0.102 e. The van der Waals surface area contributed by atoms with Gasteiger partial charge in [0.25, 0.3) is 0 Å². The van der Waals surface area contributed by atoms with Crippen LogP contribution in [0, 0.1) is 17.2 Å². The van der Waals surface area contributed by atoms with E-state index in [9.17, 15) is 10.4 Å². The molecule has 0 saturated heterocycles. The van der Waals surface area contributed by atoms with Gasteiger partial charge in [-0.05, 0) is 30.7 Å². The molecule has 0 saturated carbocycles. The topological polar surface area (TPSA) is 56.0 Å². The van der Waals surface area contributed by atoms with Crippen LogP contribution in [0.4, 0.5) is 5.69 Å². The van der Waals surface area contributed by atoms with E-state index >= 15 is 0 Å². The van der Waals surface area contributed by atoms with E-state index in [4.69, 9.17) is 0 Å². The Morgan fingerprint density at radius 2 is 2.17 bits per heavy atom. The number of benzene rings is 1. The van der Waals surface area contributed by atoms with Gasteiger partial charge in [-0.15, -0.1) is 11.8 Å². The number of aliphatic hydroxyl groups is 1. The maximum Gasteiger partial charge on any atom is 0.102 e. The predicted molar refractivity (Wildman–Crippen MR) is 76.9 cm³/mol. The molecule has 0 aliphatic carbocycles. The van der Waals surface area contributed by atoms with Crippen molar-refractivity contribution in [2.45, 2.75) is 31.3 Å². The van der Waals surface area contributed by atoms with Crippen LogP contribution < -0.4 is 5.32 Å². The third kappa shape index (κ3) is 4.25. The van der Waals surface area contributed by atoms with Crippen LogP contribution in [-0.2, 0) is 0 Å². The summed E-state index contributed by atoms with van der Waals surface area (Å²) in [5.74, 6) is 0.467. The molecule has 3 nitrogen and oxygen atoms in total. The van der Waals surface area contributed by atoms with E-state index in [0.29, 0.717) is 18.0 Å². The molecule has 0 fully saturated rings. The average molecular weight is 264 g/mol. The van der Waals surface area contributed by atoms with Crippen molar-refractivity contribution in [3.63, 3.8) is 0 Å². The van der Waals surface area contributed by atoms with Crippen molar-refractivity contribution in [1.82, 2.24) is 0 Å². The maximum absolute atomic E-state index is 9.82. The van der Waals surface area contributed by atoms with Crippen molar-refractivity contribution in [2.24, 2.45) is 5.92 Å². The number of nitrogens with zero attached hydrogens (tertiary/aromatic N) is 1. The number of nitrogens with one attached hydrogen (secondary N) is 1. The van der Waals surface area contributed by atoms with Crippen LogP contribution in [0.15, 0.2) is 23.1 Å². The fraction of sp³-hybridized carbons (Fsp3) is 0.500. The fourth-order valence-corrected chi connectivity index (χ4v) is 2.39. The summed E-state index contributed by atoms with van der Waals surface area (Å²) in [4.78, 5) is 0.959. The third-order valence-electron chi connectivity index (χ3n) is 2.63. The van der Waals surface area contributed by atoms with Crippen molar-refractivity contribution in [1.29, 1.82) is 5.26 Å². The van der Waals surface area contributed by atoms with E-state index in [1.165, 1.54) is 0 Å². The van der Waals surface area contributed by atoms with Gasteiger partial charge in [-0.25, -0.2) is 0 Å². The number of nitriles is 1. The van der Waals surface area contributed by atoms with E-state index in [2.05, 4.69) is 25.2 Å². The van der Waals surface area contributed by atoms with Crippen molar-refractivity contribution in [3.8, 4) is 6.07 Å². The Hall–Kier alpha value is -1.18. The first kappa shape index (κ1) is 14.9. The van der Waals surface area contributed by atoms with Crippen LogP contribution >= 0.6 is 11.8 Å². The quantitative estimate of drug-likeness (QED) is 0.775. The Bertz CT molecular complexity index is 426. The van der Waals surface area contributed by atoms with E-state index in [-0.39, 0.29) is 6.10 Å². The summed E-state index contributed by atoms with van der Waals surface area (Å²) in [5, 5.41) is 22.2. The SMILES string of the molecule is CSc1cccc(NCC(O)CC(C)C)c1C#N. The molecule has 1 aromatic rings. The predicted octanol–water partition coefficient (Wildman–Crippen LogP) is 3.10. The molecule has 0 radical (unpaired) electrons. The van der Waals surface area contributed by atoms with Crippen LogP contribution in [0.25, 0.3) is 0 Å².